The highest BCUT2D eigenvalue weighted by atomic mass is 32.2. The van der Waals surface area contributed by atoms with Crippen LogP contribution in [0.4, 0.5) is 11.4 Å². The smallest absolute Gasteiger partial charge is 0.232 e. The Labute approximate surface area is 190 Å². The first-order valence-corrected chi connectivity index (χ1v) is 13.0. The van der Waals surface area contributed by atoms with Crippen molar-refractivity contribution < 1.29 is 13.2 Å². The number of anilines is 2. The second-order valence-corrected chi connectivity index (χ2v) is 10.7. The van der Waals surface area contributed by atoms with E-state index in [-0.39, 0.29) is 24.8 Å². The minimum atomic E-state index is -3.46. The van der Waals surface area contributed by atoms with Crippen molar-refractivity contribution in [3.63, 3.8) is 0 Å². The molecule has 0 saturated heterocycles. The van der Waals surface area contributed by atoms with Crippen LogP contribution in [0.5, 0.6) is 0 Å². The largest absolute Gasteiger partial charge is 0.326 e. The standard InChI is InChI=1S/C26H30N2O3S/c1-18(2)21-9-4-5-11-24(21)28(32(3,30)31)17-7-12-25(29)27-23-16-15-20-14-13-19-8-6-10-22(23)26(19)20/h4-6,8-11,15-16,18H,7,12-14,17H2,1-3H3,(H,27,29). The lowest BCUT2D eigenvalue weighted by molar-refractivity contribution is -0.116. The number of nitrogens with one attached hydrogen (secondary N) is 1. The van der Waals surface area contributed by atoms with Gasteiger partial charge in [0.15, 0.2) is 0 Å². The fraction of sp³-hybridized carbons (Fsp3) is 0.346. The number of rotatable bonds is 8. The highest BCUT2D eigenvalue weighted by Crippen LogP contribution is 2.35. The van der Waals surface area contributed by atoms with Crippen molar-refractivity contribution in [1.82, 2.24) is 0 Å². The van der Waals surface area contributed by atoms with Gasteiger partial charge in [0.25, 0.3) is 0 Å². The van der Waals surface area contributed by atoms with E-state index in [0.29, 0.717) is 12.1 Å². The van der Waals surface area contributed by atoms with Crippen molar-refractivity contribution in [3.8, 4) is 0 Å². The van der Waals surface area contributed by atoms with Crippen LogP contribution in [-0.4, -0.2) is 27.1 Å². The molecule has 168 valence electrons. The predicted octanol–water partition coefficient (Wildman–Crippen LogP) is 5.25. The van der Waals surface area contributed by atoms with Crippen LogP contribution in [0.25, 0.3) is 10.8 Å². The van der Waals surface area contributed by atoms with Crippen LogP contribution in [0.15, 0.2) is 54.6 Å². The van der Waals surface area contributed by atoms with Crippen LogP contribution < -0.4 is 9.62 Å². The second kappa shape index (κ2) is 8.94. The summed E-state index contributed by atoms with van der Waals surface area (Å²) in [4.78, 5) is 12.7. The Morgan fingerprint density at radius 3 is 2.44 bits per heavy atom. The van der Waals surface area contributed by atoms with Gasteiger partial charge >= 0.3 is 0 Å². The molecule has 1 N–H and O–H groups in total. The summed E-state index contributed by atoms with van der Waals surface area (Å²) in [6.45, 7) is 4.36. The Bertz CT molecular complexity index is 1260. The molecule has 6 heteroatoms. The van der Waals surface area contributed by atoms with Crippen molar-refractivity contribution in [1.29, 1.82) is 0 Å². The molecule has 0 aromatic heterocycles. The van der Waals surface area contributed by atoms with E-state index in [1.165, 1.54) is 27.1 Å². The van der Waals surface area contributed by atoms with E-state index in [1.807, 2.05) is 50.2 Å². The van der Waals surface area contributed by atoms with Crippen molar-refractivity contribution in [2.75, 3.05) is 22.4 Å². The van der Waals surface area contributed by atoms with Gasteiger partial charge < -0.3 is 5.32 Å². The third-order valence-electron chi connectivity index (χ3n) is 6.14. The molecule has 0 atom stereocenters. The Kier molecular flexibility index (Phi) is 6.24. The van der Waals surface area contributed by atoms with Crippen LogP contribution in [-0.2, 0) is 27.7 Å². The Balaban J connectivity index is 1.46. The highest BCUT2D eigenvalue weighted by molar-refractivity contribution is 7.92. The normalized spacial score (nSPS) is 13.0. The molecule has 3 aromatic rings. The summed E-state index contributed by atoms with van der Waals surface area (Å²) in [5.74, 6) is 0.0943. The molecule has 32 heavy (non-hydrogen) atoms. The lowest BCUT2D eigenvalue weighted by Gasteiger charge is -2.26. The lowest BCUT2D eigenvalue weighted by Crippen LogP contribution is -2.32. The van der Waals surface area contributed by atoms with E-state index in [1.54, 1.807) is 0 Å². The minimum Gasteiger partial charge on any atom is -0.326 e. The van der Waals surface area contributed by atoms with Crippen molar-refractivity contribution in [2.24, 2.45) is 0 Å². The summed E-state index contributed by atoms with van der Waals surface area (Å²) in [5.41, 5.74) is 5.17. The topological polar surface area (TPSA) is 66.5 Å². The average Bonchev–Trinajstić information content (AvgIpc) is 3.17. The third-order valence-corrected chi connectivity index (χ3v) is 7.32. The molecule has 0 aliphatic heterocycles. The highest BCUT2D eigenvalue weighted by Gasteiger charge is 2.22. The summed E-state index contributed by atoms with van der Waals surface area (Å²) < 4.78 is 26.5. The average molecular weight is 451 g/mol. The zero-order chi connectivity index (χ0) is 22.9. The van der Waals surface area contributed by atoms with Gasteiger partial charge in [-0.2, -0.15) is 0 Å². The van der Waals surface area contributed by atoms with E-state index in [0.717, 1.165) is 29.5 Å². The number of benzene rings is 3. The van der Waals surface area contributed by atoms with Gasteiger partial charge in [0.2, 0.25) is 15.9 Å². The summed E-state index contributed by atoms with van der Waals surface area (Å²) in [5, 5.41) is 5.38. The van der Waals surface area contributed by atoms with Crippen LogP contribution >= 0.6 is 0 Å². The summed E-state index contributed by atoms with van der Waals surface area (Å²) in [6.07, 6.45) is 3.99. The number of sulfonamides is 1. The summed E-state index contributed by atoms with van der Waals surface area (Å²) >= 11 is 0. The van der Waals surface area contributed by atoms with Gasteiger partial charge in [-0.15, -0.1) is 0 Å². The monoisotopic (exact) mass is 450 g/mol. The molecule has 0 fully saturated rings. The number of hydrogen-bond acceptors (Lipinski definition) is 3. The second-order valence-electron chi connectivity index (χ2n) is 8.81. The van der Waals surface area contributed by atoms with E-state index >= 15 is 0 Å². The summed E-state index contributed by atoms with van der Waals surface area (Å²) in [6, 6.07) is 17.9. The van der Waals surface area contributed by atoms with Gasteiger partial charge in [-0.3, -0.25) is 9.10 Å². The van der Waals surface area contributed by atoms with E-state index in [2.05, 4.69) is 23.5 Å². The Morgan fingerprint density at radius 2 is 1.72 bits per heavy atom. The molecule has 4 rings (SSSR count). The molecular formula is C26H30N2O3S. The van der Waals surface area contributed by atoms with Crippen molar-refractivity contribution in [3.05, 3.63) is 71.3 Å². The Hall–Kier alpha value is -2.86. The molecule has 1 aliphatic carbocycles. The van der Waals surface area contributed by atoms with E-state index in [9.17, 15) is 13.2 Å². The predicted molar refractivity (Wildman–Crippen MR) is 132 cm³/mol. The molecule has 3 aromatic carbocycles. The van der Waals surface area contributed by atoms with Crippen molar-refractivity contribution >= 4 is 38.1 Å². The number of hydrogen-bond donors (Lipinski definition) is 1. The fourth-order valence-corrected chi connectivity index (χ4v) is 5.60. The molecule has 0 spiro atoms. The minimum absolute atomic E-state index is 0.103. The molecule has 1 aliphatic rings. The summed E-state index contributed by atoms with van der Waals surface area (Å²) in [7, 11) is -3.46. The quantitative estimate of drug-likeness (QED) is 0.510. The van der Waals surface area contributed by atoms with Gasteiger partial charge in [0.05, 0.1) is 11.9 Å². The first-order valence-electron chi connectivity index (χ1n) is 11.2. The zero-order valence-electron chi connectivity index (χ0n) is 18.9. The number of carbonyl (C=O) groups excluding carboxylic acids is 1. The lowest BCUT2D eigenvalue weighted by atomic mass is 10.0. The van der Waals surface area contributed by atoms with E-state index in [4.69, 9.17) is 0 Å². The van der Waals surface area contributed by atoms with Gasteiger partial charge in [-0.05, 0) is 59.4 Å². The van der Waals surface area contributed by atoms with Crippen LogP contribution in [0.2, 0.25) is 0 Å². The molecular weight excluding hydrogens is 420 g/mol. The maximum atomic E-state index is 12.7. The van der Waals surface area contributed by atoms with Crippen LogP contribution in [0.3, 0.4) is 0 Å². The number of nitrogens with zero attached hydrogens (tertiary/aromatic N) is 1. The van der Waals surface area contributed by atoms with Crippen LogP contribution in [0, 0.1) is 0 Å². The molecule has 0 saturated carbocycles. The molecule has 1 amide bonds. The third kappa shape index (κ3) is 4.51. The van der Waals surface area contributed by atoms with Gasteiger partial charge in [0.1, 0.15) is 0 Å². The number of amides is 1. The molecule has 0 unspecified atom stereocenters. The van der Waals surface area contributed by atoms with Gasteiger partial charge in [-0.25, -0.2) is 8.42 Å². The maximum absolute atomic E-state index is 12.7. The fourth-order valence-electron chi connectivity index (χ4n) is 4.62. The zero-order valence-corrected chi connectivity index (χ0v) is 19.7. The molecule has 0 bridgehead atoms. The SMILES string of the molecule is CC(C)c1ccccc1N(CCCC(=O)Nc1ccc2c3c(cccc13)CC2)S(C)(=O)=O. The van der Waals surface area contributed by atoms with Gasteiger partial charge in [-0.1, -0.05) is 56.3 Å². The van der Waals surface area contributed by atoms with E-state index < -0.39 is 10.0 Å². The number of para-hydroxylation sites is 1. The molecule has 0 heterocycles. The molecule has 5 nitrogen and oxygen atoms in total. The van der Waals surface area contributed by atoms with Gasteiger partial charge in [0, 0.05) is 24.0 Å². The maximum Gasteiger partial charge on any atom is 0.232 e. The first kappa shape index (κ1) is 22.3. The first-order chi connectivity index (χ1) is 15.3. The number of aryl methyl sites for hydroxylation is 2. The Morgan fingerprint density at radius 1 is 1.00 bits per heavy atom. The number of carbonyl (C=O) groups is 1. The molecule has 0 radical (unpaired) electrons. The van der Waals surface area contributed by atoms with Crippen molar-refractivity contribution in [2.45, 2.75) is 45.4 Å². The van der Waals surface area contributed by atoms with Crippen LogP contribution in [0.1, 0.15) is 49.3 Å².